The van der Waals surface area contributed by atoms with Crippen molar-refractivity contribution in [3.8, 4) is 0 Å². The number of ether oxygens (including phenoxy) is 2. The first-order valence-corrected chi connectivity index (χ1v) is 5.70. The number of hydrogen-bond acceptors (Lipinski definition) is 4. The molecule has 0 atom stereocenters. The lowest BCUT2D eigenvalue weighted by Crippen LogP contribution is -2.15. The topological polar surface area (TPSA) is 52.6 Å². The maximum absolute atomic E-state index is 11.7. The van der Waals surface area contributed by atoms with Gasteiger partial charge in [0.25, 0.3) is 0 Å². The fraction of sp³-hybridized carbons (Fsp3) is 0.429. The summed E-state index contributed by atoms with van der Waals surface area (Å²) >= 11 is 0. The van der Waals surface area contributed by atoms with Gasteiger partial charge in [0, 0.05) is 5.57 Å². The van der Waals surface area contributed by atoms with E-state index in [1.54, 1.807) is 19.1 Å². The normalized spacial score (nSPS) is 10.0. The molecule has 0 saturated carbocycles. The molecular weight excluding hydrogens is 232 g/mol. The third-order valence-electron chi connectivity index (χ3n) is 1.99. The summed E-state index contributed by atoms with van der Waals surface area (Å²) in [4.78, 5) is 22.7. The standard InChI is InChI=1S/C14H20O4/c1-6-7-12(10(2)3)14(16)18-9-8-17-13(15)11(4)5/h6-7H,4,8-9H2,1-3,5H3. The first-order chi connectivity index (χ1) is 8.40. The second-order valence-electron chi connectivity index (χ2n) is 3.97. The average molecular weight is 252 g/mol. The monoisotopic (exact) mass is 252 g/mol. The highest BCUT2D eigenvalue weighted by molar-refractivity contribution is 5.92. The van der Waals surface area contributed by atoms with Gasteiger partial charge < -0.3 is 9.47 Å². The van der Waals surface area contributed by atoms with Crippen LogP contribution in [0.1, 0.15) is 27.7 Å². The van der Waals surface area contributed by atoms with Gasteiger partial charge in [-0.3, -0.25) is 0 Å². The van der Waals surface area contributed by atoms with Crippen molar-refractivity contribution >= 4 is 11.9 Å². The van der Waals surface area contributed by atoms with Crippen LogP contribution in [0.5, 0.6) is 0 Å². The third-order valence-corrected chi connectivity index (χ3v) is 1.99. The lowest BCUT2D eigenvalue weighted by atomic mass is 10.1. The Kier molecular flexibility index (Phi) is 7.43. The summed E-state index contributed by atoms with van der Waals surface area (Å²) in [5.41, 5.74) is 1.71. The molecular formula is C14H20O4. The van der Waals surface area contributed by atoms with Gasteiger partial charge in [-0.15, -0.1) is 0 Å². The Morgan fingerprint density at radius 2 is 1.56 bits per heavy atom. The minimum Gasteiger partial charge on any atom is -0.459 e. The van der Waals surface area contributed by atoms with Gasteiger partial charge in [-0.05, 0) is 27.7 Å². The smallest absolute Gasteiger partial charge is 0.338 e. The van der Waals surface area contributed by atoms with E-state index in [2.05, 4.69) is 6.58 Å². The maximum Gasteiger partial charge on any atom is 0.338 e. The van der Waals surface area contributed by atoms with Crippen molar-refractivity contribution < 1.29 is 19.1 Å². The van der Waals surface area contributed by atoms with Crippen LogP contribution in [-0.4, -0.2) is 25.2 Å². The van der Waals surface area contributed by atoms with Crippen LogP contribution in [0.15, 0.2) is 35.5 Å². The van der Waals surface area contributed by atoms with E-state index in [1.807, 2.05) is 20.8 Å². The van der Waals surface area contributed by atoms with Gasteiger partial charge in [0.1, 0.15) is 13.2 Å². The SMILES string of the molecule is C=C(C)C(=O)OCCOC(=O)C(C=CC)=C(C)C. The zero-order chi connectivity index (χ0) is 14.1. The van der Waals surface area contributed by atoms with E-state index in [0.29, 0.717) is 11.1 Å². The molecule has 0 heterocycles. The lowest BCUT2D eigenvalue weighted by molar-refractivity contribution is -0.147. The highest BCUT2D eigenvalue weighted by Gasteiger charge is 2.10. The molecule has 0 aromatic heterocycles. The third kappa shape index (κ3) is 6.03. The Labute approximate surface area is 108 Å². The van der Waals surface area contributed by atoms with E-state index in [-0.39, 0.29) is 13.2 Å². The number of carbonyl (C=O) groups excluding carboxylic acids is 2. The van der Waals surface area contributed by atoms with E-state index in [0.717, 1.165) is 5.57 Å². The van der Waals surface area contributed by atoms with E-state index in [4.69, 9.17) is 9.47 Å². The fourth-order valence-electron chi connectivity index (χ4n) is 1.08. The molecule has 0 amide bonds. The van der Waals surface area contributed by atoms with E-state index >= 15 is 0 Å². The van der Waals surface area contributed by atoms with Crippen molar-refractivity contribution in [1.82, 2.24) is 0 Å². The Balaban J connectivity index is 4.16. The number of hydrogen-bond donors (Lipinski definition) is 0. The maximum atomic E-state index is 11.7. The fourth-order valence-corrected chi connectivity index (χ4v) is 1.08. The minimum absolute atomic E-state index is 0.0311. The molecule has 0 rings (SSSR count). The van der Waals surface area contributed by atoms with Crippen molar-refractivity contribution in [2.24, 2.45) is 0 Å². The average Bonchev–Trinajstić information content (AvgIpc) is 2.30. The van der Waals surface area contributed by atoms with Gasteiger partial charge in [-0.25, -0.2) is 9.59 Å². The molecule has 0 N–H and O–H groups in total. The van der Waals surface area contributed by atoms with Gasteiger partial charge in [-0.1, -0.05) is 24.3 Å². The zero-order valence-electron chi connectivity index (χ0n) is 11.4. The van der Waals surface area contributed by atoms with Crippen molar-refractivity contribution in [3.05, 3.63) is 35.5 Å². The predicted octanol–water partition coefficient (Wildman–Crippen LogP) is 2.56. The molecule has 0 aromatic rings. The number of esters is 2. The van der Waals surface area contributed by atoms with E-state index < -0.39 is 11.9 Å². The Morgan fingerprint density at radius 3 is 1.94 bits per heavy atom. The van der Waals surface area contributed by atoms with Crippen molar-refractivity contribution in [3.63, 3.8) is 0 Å². The highest BCUT2D eigenvalue weighted by atomic mass is 16.6. The molecule has 0 fully saturated rings. The molecule has 0 saturated heterocycles. The van der Waals surface area contributed by atoms with Crippen molar-refractivity contribution in [2.75, 3.05) is 13.2 Å². The Morgan fingerprint density at radius 1 is 1.06 bits per heavy atom. The molecule has 100 valence electrons. The molecule has 0 aliphatic carbocycles. The number of carbonyl (C=O) groups is 2. The van der Waals surface area contributed by atoms with Crippen LogP contribution in [-0.2, 0) is 19.1 Å². The Bertz CT molecular complexity index is 385. The number of allylic oxidation sites excluding steroid dienone is 2. The van der Waals surface area contributed by atoms with Gasteiger partial charge in [0.2, 0.25) is 0 Å². The second kappa shape index (κ2) is 8.28. The first-order valence-electron chi connectivity index (χ1n) is 5.70. The van der Waals surface area contributed by atoms with Crippen LogP contribution < -0.4 is 0 Å². The highest BCUT2D eigenvalue weighted by Crippen LogP contribution is 2.07. The van der Waals surface area contributed by atoms with Crippen molar-refractivity contribution in [1.29, 1.82) is 0 Å². The summed E-state index contributed by atoms with van der Waals surface area (Å²) in [5.74, 6) is -0.901. The number of rotatable bonds is 6. The molecule has 0 aromatic carbocycles. The molecule has 4 heteroatoms. The second-order valence-corrected chi connectivity index (χ2v) is 3.97. The molecule has 0 radical (unpaired) electrons. The zero-order valence-corrected chi connectivity index (χ0v) is 11.4. The molecule has 18 heavy (non-hydrogen) atoms. The molecule has 0 spiro atoms. The van der Waals surface area contributed by atoms with Gasteiger partial charge in [0.15, 0.2) is 0 Å². The quantitative estimate of drug-likeness (QED) is 0.315. The van der Waals surface area contributed by atoms with Crippen LogP contribution in [0.2, 0.25) is 0 Å². The summed E-state index contributed by atoms with van der Waals surface area (Å²) < 4.78 is 9.80. The minimum atomic E-state index is -0.484. The first kappa shape index (κ1) is 16.2. The van der Waals surface area contributed by atoms with Crippen LogP contribution in [0.25, 0.3) is 0 Å². The van der Waals surface area contributed by atoms with Crippen molar-refractivity contribution in [2.45, 2.75) is 27.7 Å². The van der Waals surface area contributed by atoms with Crippen LogP contribution in [0.4, 0.5) is 0 Å². The Hall–Kier alpha value is -1.84. The van der Waals surface area contributed by atoms with E-state index in [9.17, 15) is 9.59 Å². The van der Waals surface area contributed by atoms with Gasteiger partial charge in [0.05, 0.1) is 5.57 Å². The summed E-state index contributed by atoms with van der Waals surface area (Å²) in [6.45, 7) is 10.6. The molecule has 0 aliphatic rings. The van der Waals surface area contributed by atoms with Gasteiger partial charge in [-0.2, -0.15) is 0 Å². The van der Waals surface area contributed by atoms with Crippen LogP contribution >= 0.6 is 0 Å². The largest absolute Gasteiger partial charge is 0.459 e. The molecule has 0 aliphatic heterocycles. The summed E-state index contributed by atoms with van der Waals surface area (Å²) in [6, 6.07) is 0. The summed E-state index contributed by atoms with van der Waals surface area (Å²) in [5, 5.41) is 0. The van der Waals surface area contributed by atoms with Crippen LogP contribution in [0.3, 0.4) is 0 Å². The lowest BCUT2D eigenvalue weighted by Gasteiger charge is -2.07. The molecule has 0 bridgehead atoms. The van der Waals surface area contributed by atoms with E-state index in [1.165, 1.54) is 0 Å². The summed E-state index contributed by atoms with van der Waals surface area (Å²) in [7, 11) is 0. The molecule has 0 unspecified atom stereocenters. The van der Waals surface area contributed by atoms with Gasteiger partial charge >= 0.3 is 11.9 Å². The van der Waals surface area contributed by atoms with Crippen LogP contribution in [0, 0.1) is 0 Å². The predicted molar refractivity (Wildman–Crippen MR) is 69.9 cm³/mol. The molecule has 4 nitrogen and oxygen atoms in total. The summed E-state index contributed by atoms with van der Waals surface area (Å²) in [6.07, 6.45) is 3.46.